The zero-order valence-electron chi connectivity index (χ0n) is 11.4. The van der Waals surface area contributed by atoms with Crippen LogP contribution in [0.1, 0.15) is 40.5 Å². The molecule has 0 aliphatic rings. The number of amides is 2. The number of nitrogens with zero attached hydrogens (tertiary/aromatic N) is 1. The molecular formula is C12H24N2O3. The Bertz CT molecular complexity index is 266. The molecule has 0 aromatic heterocycles. The summed E-state index contributed by atoms with van der Waals surface area (Å²) >= 11 is 0. The maximum atomic E-state index is 11.9. The Morgan fingerprint density at radius 1 is 1.29 bits per heavy atom. The molecule has 0 aliphatic carbocycles. The molecule has 2 atom stereocenters. The molecule has 0 radical (unpaired) electrons. The molecule has 0 saturated heterocycles. The van der Waals surface area contributed by atoms with Gasteiger partial charge in [0.25, 0.3) is 0 Å². The summed E-state index contributed by atoms with van der Waals surface area (Å²) < 4.78 is 0. The quantitative estimate of drug-likeness (QED) is 0.750. The molecular weight excluding hydrogens is 220 g/mol. The third-order valence-corrected chi connectivity index (χ3v) is 3.08. The molecule has 2 unspecified atom stereocenters. The third-order valence-electron chi connectivity index (χ3n) is 3.08. The summed E-state index contributed by atoms with van der Waals surface area (Å²) in [7, 11) is 1.72. The predicted octanol–water partition coefficient (Wildman–Crippen LogP) is 1.93. The van der Waals surface area contributed by atoms with Crippen LogP contribution in [0, 0.1) is 5.92 Å². The van der Waals surface area contributed by atoms with Crippen LogP contribution in [0.25, 0.3) is 0 Å². The van der Waals surface area contributed by atoms with Gasteiger partial charge in [0.15, 0.2) is 0 Å². The Morgan fingerprint density at radius 2 is 1.82 bits per heavy atom. The van der Waals surface area contributed by atoms with Crippen LogP contribution in [0.3, 0.4) is 0 Å². The van der Waals surface area contributed by atoms with E-state index >= 15 is 0 Å². The van der Waals surface area contributed by atoms with E-state index in [2.05, 4.69) is 5.32 Å². The lowest BCUT2D eigenvalue weighted by Gasteiger charge is -2.28. The number of aliphatic carboxylic acids is 1. The van der Waals surface area contributed by atoms with Crippen molar-refractivity contribution in [1.82, 2.24) is 10.2 Å². The second kappa shape index (κ2) is 7.14. The van der Waals surface area contributed by atoms with Crippen molar-refractivity contribution < 1.29 is 14.7 Å². The number of hydrogen-bond donors (Lipinski definition) is 2. The lowest BCUT2D eigenvalue weighted by Crippen LogP contribution is -2.48. The minimum Gasteiger partial charge on any atom is -0.481 e. The van der Waals surface area contributed by atoms with E-state index in [4.69, 9.17) is 5.11 Å². The summed E-state index contributed by atoms with van der Waals surface area (Å²) in [5.41, 5.74) is 0. The van der Waals surface area contributed by atoms with E-state index in [1.165, 1.54) is 0 Å². The molecule has 2 amide bonds. The first kappa shape index (κ1) is 15.7. The van der Waals surface area contributed by atoms with Gasteiger partial charge in [0.05, 0.1) is 6.42 Å². The van der Waals surface area contributed by atoms with Crippen molar-refractivity contribution in [2.75, 3.05) is 7.05 Å². The minimum absolute atomic E-state index is 0.0439. The fraction of sp³-hybridized carbons (Fsp3) is 0.833. The van der Waals surface area contributed by atoms with Crippen molar-refractivity contribution >= 4 is 12.0 Å². The average Bonchev–Trinajstić information content (AvgIpc) is 2.25. The predicted molar refractivity (Wildman–Crippen MR) is 66.9 cm³/mol. The summed E-state index contributed by atoms with van der Waals surface area (Å²) in [6, 6.07) is -0.390. The molecule has 0 fully saturated rings. The molecule has 2 N–H and O–H groups in total. The number of carboxylic acids is 1. The summed E-state index contributed by atoms with van der Waals surface area (Å²) in [5, 5.41) is 11.5. The molecule has 100 valence electrons. The molecule has 17 heavy (non-hydrogen) atoms. The fourth-order valence-electron chi connectivity index (χ4n) is 1.38. The molecule has 0 saturated carbocycles. The van der Waals surface area contributed by atoms with Crippen molar-refractivity contribution in [2.24, 2.45) is 5.92 Å². The van der Waals surface area contributed by atoms with E-state index in [0.717, 1.165) is 6.42 Å². The van der Waals surface area contributed by atoms with Gasteiger partial charge in [0, 0.05) is 19.1 Å². The van der Waals surface area contributed by atoms with E-state index < -0.39 is 5.97 Å². The standard InChI is InChI=1S/C12H24N2O3/c1-6-9(4)14(5)12(17)13-10(8(2)3)7-11(15)16/h8-10H,6-7H2,1-5H3,(H,13,17)(H,15,16). The van der Waals surface area contributed by atoms with Crippen molar-refractivity contribution in [2.45, 2.75) is 52.6 Å². The highest BCUT2D eigenvalue weighted by Crippen LogP contribution is 2.08. The first-order chi connectivity index (χ1) is 7.79. The van der Waals surface area contributed by atoms with Crippen molar-refractivity contribution in [3.8, 4) is 0 Å². The molecule has 0 aliphatic heterocycles. The number of carboxylic acid groups (broad SMARTS) is 1. The third kappa shape index (κ3) is 5.56. The minimum atomic E-state index is -0.893. The Hall–Kier alpha value is -1.26. The molecule has 0 aromatic rings. The number of carbonyl (C=O) groups is 2. The van der Waals surface area contributed by atoms with Crippen LogP contribution in [-0.4, -0.2) is 41.1 Å². The van der Waals surface area contributed by atoms with E-state index in [9.17, 15) is 9.59 Å². The van der Waals surface area contributed by atoms with E-state index in [-0.39, 0.29) is 30.5 Å². The lowest BCUT2D eigenvalue weighted by molar-refractivity contribution is -0.137. The van der Waals surface area contributed by atoms with Crippen LogP contribution in [0.15, 0.2) is 0 Å². The van der Waals surface area contributed by atoms with Gasteiger partial charge in [-0.2, -0.15) is 0 Å². The molecule has 0 aromatic carbocycles. The fourth-order valence-corrected chi connectivity index (χ4v) is 1.38. The van der Waals surface area contributed by atoms with Gasteiger partial charge in [-0.05, 0) is 19.3 Å². The first-order valence-corrected chi connectivity index (χ1v) is 6.04. The molecule has 0 rings (SSSR count). The highest BCUT2D eigenvalue weighted by atomic mass is 16.4. The highest BCUT2D eigenvalue weighted by molar-refractivity contribution is 5.76. The van der Waals surface area contributed by atoms with Gasteiger partial charge in [0.2, 0.25) is 0 Å². The van der Waals surface area contributed by atoms with Crippen LogP contribution in [-0.2, 0) is 4.79 Å². The second-order valence-electron chi connectivity index (χ2n) is 4.77. The summed E-state index contributed by atoms with van der Waals surface area (Å²) in [6.07, 6.45) is 0.826. The SMILES string of the molecule is CCC(C)N(C)C(=O)NC(CC(=O)O)C(C)C. The van der Waals surface area contributed by atoms with Gasteiger partial charge in [-0.1, -0.05) is 20.8 Å². The van der Waals surface area contributed by atoms with Crippen LogP contribution in [0.5, 0.6) is 0 Å². The van der Waals surface area contributed by atoms with Crippen molar-refractivity contribution in [3.63, 3.8) is 0 Å². The molecule has 0 heterocycles. The smallest absolute Gasteiger partial charge is 0.317 e. The van der Waals surface area contributed by atoms with E-state index in [1.807, 2.05) is 27.7 Å². The van der Waals surface area contributed by atoms with Crippen molar-refractivity contribution in [1.29, 1.82) is 0 Å². The van der Waals surface area contributed by atoms with Gasteiger partial charge < -0.3 is 15.3 Å². The van der Waals surface area contributed by atoms with Crippen LogP contribution in [0.4, 0.5) is 4.79 Å². The number of hydrogen-bond acceptors (Lipinski definition) is 2. The summed E-state index contributed by atoms with van der Waals surface area (Å²) in [6.45, 7) is 7.76. The maximum absolute atomic E-state index is 11.9. The Morgan fingerprint density at radius 3 is 2.18 bits per heavy atom. The monoisotopic (exact) mass is 244 g/mol. The Balaban J connectivity index is 4.45. The van der Waals surface area contributed by atoms with Gasteiger partial charge in [-0.3, -0.25) is 4.79 Å². The van der Waals surface area contributed by atoms with Crippen LogP contribution in [0.2, 0.25) is 0 Å². The molecule has 0 bridgehead atoms. The molecule has 5 nitrogen and oxygen atoms in total. The Kier molecular flexibility index (Phi) is 6.61. The second-order valence-corrected chi connectivity index (χ2v) is 4.77. The number of rotatable bonds is 6. The zero-order valence-corrected chi connectivity index (χ0v) is 11.4. The largest absolute Gasteiger partial charge is 0.481 e. The highest BCUT2D eigenvalue weighted by Gasteiger charge is 2.22. The number of carbonyl (C=O) groups excluding carboxylic acids is 1. The summed E-state index contributed by atoms with van der Waals surface area (Å²) in [5.74, 6) is -0.796. The van der Waals surface area contributed by atoms with Crippen molar-refractivity contribution in [3.05, 3.63) is 0 Å². The Labute approximate surface area is 103 Å². The topological polar surface area (TPSA) is 69.6 Å². The number of urea groups is 1. The van der Waals surface area contributed by atoms with Crippen LogP contribution >= 0.6 is 0 Å². The average molecular weight is 244 g/mol. The van der Waals surface area contributed by atoms with E-state index in [0.29, 0.717) is 0 Å². The normalized spacial score (nSPS) is 14.2. The maximum Gasteiger partial charge on any atom is 0.317 e. The summed E-state index contributed by atoms with van der Waals surface area (Å²) in [4.78, 5) is 24.2. The first-order valence-electron chi connectivity index (χ1n) is 6.04. The van der Waals surface area contributed by atoms with Gasteiger partial charge in [-0.25, -0.2) is 4.79 Å². The number of nitrogens with one attached hydrogen (secondary N) is 1. The van der Waals surface area contributed by atoms with Crippen LogP contribution < -0.4 is 5.32 Å². The molecule has 0 spiro atoms. The molecule has 5 heteroatoms. The van der Waals surface area contributed by atoms with Gasteiger partial charge in [-0.15, -0.1) is 0 Å². The van der Waals surface area contributed by atoms with Gasteiger partial charge in [0.1, 0.15) is 0 Å². The van der Waals surface area contributed by atoms with Gasteiger partial charge >= 0.3 is 12.0 Å². The zero-order chi connectivity index (χ0) is 13.6. The van der Waals surface area contributed by atoms with E-state index in [1.54, 1.807) is 11.9 Å². The lowest BCUT2D eigenvalue weighted by atomic mass is 10.0.